The van der Waals surface area contributed by atoms with Crippen LogP contribution >= 0.6 is 11.6 Å². The van der Waals surface area contributed by atoms with Crippen LogP contribution in [0.25, 0.3) is 0 Å². The quantitative estimate of drug-likeness (QED) is 0.794. The van der Waals surface area contributed by atoms with Gasteiger partial charge in [0.2, 0.25) is 0 Å². The van der Waals surface area contributed by atoms with E-state index in [1.165, 1.54) is 25.6 Å². The highest BCUT2D eigenvalue weighted by atomic mass is 35.5. The highest BCUT2D eigenvalue weighted by Crippen LogP contribution is 2.42. The van der Waals surface area contributed by atoms with Crippen LogP contribution in [0.4, 0.5) is 5.82 Å². The van der Waals surface area contributed by atoms with E-state index in [0.717, 1.165) is 19.3 Å². The van der Waals surface area contributed by atoms with Gasteiger partial charge in [-0.3, -0.25) is 0 Å². The van der Waals surface area contributed by atoms with Crippen molar-refractivity contribution in [2.75, 3.05) is 31.0 Å². The van der Waals surface area contributed by atoms with Crippen LogP contribution in [0.1, 0.15) is 29.6 Å². The number of aromatic nitrogens is 1. The molecule has 1 heterocycles. The highest BCUT2D eigenvalue weighted by molar-refractivity contribution is 7.90. The minimum atomic E-state index is -3.03. The van der Waals surface area contributed by atoms with Crippen LogP contribution in [-0.2, 0) is 14.6 Å². The summed E-state index contributed by atoms with van der Waals surface area (Å²) in [6.45, 7) is 0.490. The molecule has 122 valence electrons. The number of hydrogen-bond acceptors (Lipinski definition) is 6. The molecule has 8 heteroatoms. The van der Waals surface area contributed by atoms with E-state index >= 15 is 0 Å². The average Bonchev–Trinajstić information content (AvgIpc) is 2.40. The number of anilines is 1. The average molecular weight is 347 g/mol. The molecule has 6 nitrogen and oxygen atoms in total. The third kappa shape index (κ3) is 4.10. The smallest absolute Gasteiger partial charge is 0.339 e. The van der Waals surface area contributed by atoms with E-state index in [4.69, 9.17) is 11.6 Å². The summed E-state index contributed by atoms with van der Waals surface area (Å²) in [6.07, 6.45) is 5.39. The van der Waals surface area contributed by atoms with Gasteiger partial charge in [0.1, 0.15) is 15.7 Å². The monoisotopic (exact) mass is 346 g/mol. The van der Waals surface area contributed by atoms with Gasteiger partial charge in [0.15, 0.2) is 0 Å². The number of carbonyl (C=O) groups is 1. The zero-order valence-electron chi connectivity index (χ0n) is 12.6. The van der Waals surface area contributed by atoms with E-state index in [-0.39, 0.29) is 16.7 Å². The van der Waals surface area contributed by atoms with Gasteiger partial charge in [0.25, 0.3) is 0 Å². The van der Waals surface area contributed by atoms with Gasteiger partial charge in [0, 0.05) is 24.4 Å². The van der Waals surface area contributed by atoms with Crippen molar-refractivity contribution in [2.24, 2.45) is 5.41 Å². The number of ether oxygens (including phenoxy) is 1. The lowest BCUT2D eigenvalue weighted by Gasteiger charge is -2.41. The van der Waals surface area contributed by atoms with Crippen molar-refractivity contribution in [1.82, 2.24) is 4.98 Å². The van der Waals surface area contributed by atoms with Gasteiger partial charge in [0.05, 0.1) is 23.4 Å². The maximum atomic E-state index is 11.5. The SMILES string of the molecule is COC(=O)c1cnc(NCC2(CS(C)(=O)=O)CCC2)c(Cl)c1. The Labute approximate surface area is 135 Å². The Morgan fingerprint density at radius 3 is 2.64 bits per heavy atom. The van der Waals surface area contributed by atoms with Crippen LogP contribution in [0.5, 0.6) is 0 Å². The number of hydrogen-bond donors (Lipinski definition) is 1. The maximum Gasteiger partial charge on any atom is 0.339 e. The summed E-state index contributed by atoms with van der Waals surface area (Å²) in [4.78, 5) is 15.5. The van der Waals surface area contributed by atoms with E-state index in [2.05, 4.69) is 15.0 Å². The van der Waals surface area contributed by atoms with Gasteiger partial charge >= 0.3 is 5.97 Å². The van der Waals surface area contributed by atoms with Crippen molar-refractivity contribution in [3.63, 3.8) is 0 Å². The molecule has 0 saturated heterocycles. The second-order valence-electron chi connectivity index (χ2n) is 5.82. The van der Waals surface area contributed by atoms with Gasteiger partial charge in [-0.15, -0.1) is 0 Å². The lowest BCUT2D eigenvalue weighted by molar-refractivity contribution is 0.0600. The lowest BCUT2D eigenvalue weighted by atomic mass is 9.70. The zero-order chi connectivity index (χ0) is 16.4. The molecule has 0 unspecified atom stereocenters. The number of nitrogens with one attached hydrogen (secondary N) is 1. The summed E-state index contributed by atoms with van der Waals surface area (Å²) < 4.78 is 27.7. The van der Waals surface area contributed by atoms with Crippen molar-refractivity contribution < 1.29 is 17.9 Å². The molecule has 0 atom stereocenters. The predicted octanol–water partition coefficient (Wildman–Crippen LogP) is 2.15. The summed E-state index contributed by atoms with van der Waals surface area (Å²) in [5, 5.41) is 3.41. The number of carbonyl (C=O) groups excluding carboxylic acids is 1. The zero-order valence-corrected chi connectivity index (χ0v) is 14.1. The Balaban J connectivity index is 2.06. The molecule has 0 radical (unpaired) electrons. The first-order chi connectivity index (χ1) is 10.2. The number of halogens is 1. The van der Waals surface area contributed by atoms with Crippen molar-refractivity contribution >= 4 is 33.2 Å². The van der Waals surface area contributed by atoms with E-state index in [1.807, 2.05) is 0 Å². The van der Waals surface area contributed by atoms with E-state index in [9.17, 15) is 13.2 Å². The van der Waals surface area contributed by atoms with Crippen LogP contribution in [0, 0.1) is 5.41 Å². The molecule has 1 aromatic rings. The molecule has 0 amide bonds. The number of sulfone groups is 1. The Hall–Kier alpha value is -1.34. The van der Waals surface area contributed by atoms with Crippen LogP contribution in [0.2, 0.25) is 5.02 Å². The number of rotatable bonds is 6. The molecule has 0 bridgehead atoms. The maximum absolute atomic E-state index is 11.5. The van der Waals surface area contributed by atoms with E-state index in [0.29, 0.717) is 17.4 Å². The van der Waals surface area contributed by atoms with Crippen molar-refractivity contribution in [3.05, 3.63) is 22.8 Å². The third-order valence-electron chi connectivity index (χ3n) is 3.88. The number of nitrogens with zero attached hydrogens (tertiary/aromatic N) is 1. The van der Waals surface area contributed by atoms with Crippen molar-refractivity contribution in [3.8, 4) is 0 Å². The molecule has 1 N–H and O–H groups in total. The second kappa shape index (κ2) is 6.42. The van der Waals surface area contributed by atoms with Crippen molar-refractivity contribution in [1.29, 1.82) is 0 Å². The minimum Gasteiger partial charge on any atom is -0.465 e. The molecule has 1 saturated carbocycles. The Bertz CT molecular complexity index is 671. The first-order valence-corrected chi connectivity index (χ1v) is 9.34. The predicted molar refractivity (Wildman–Crippen MR) is 85.1 cm³/mol. The van der Waals surface area contributed by atoms with Crippen LogP contribution in [0.15, 0.2) is 12.3 Å². The largest absolute Gasteiger partial charge is 0.465 e. The van der Waals surface area contributed by atoms with Gasteiger partial charge in [-0.25, -0.2) is 18.2 Å². The molecule has 0 spiro atoms. The van der Waals surface area contributed by atoms with Gasteiger partial charge in [-0.05, 0) is 18.9 Å². The van der Waals surface area contributed by atoms with Gasteiger partial charge < -0.3 is 10.1 Å². The first-order valence-electron chi connectivity index (χ1n) is 6.90. The molecule has 0 aliphatic heterocycles. The van der Waals surface area contributed by atoms with Crippen LogP contribution < -0.4 is 5.32 Å². The fourth-order valence-electron chi connectivity index (χ4n) is 2.67. The van der Waals surface area contributed by atoms with Crippen LogP contribution in [0.3, 0.4) is 0 Å². The summed E-state index contributed by atoms with van der Waals surface area (Å²) in [7, 11) is -1.75. The summed E-state index contributed by atoms with van der Waals surface area (Å²) in [5.74, 6) is 0.0906. The molecule has 1 aliphatic carbocycles. The highest BCUT2D eigenvalue weighted by Gasteiger charge is 2.39. The standard InChI is InChI=1S/C14H19ClN2O4S/c1-21-13(18)10-6-11(15)12(16-7-10)17-8-14(4-3-5-14)9-22(2,19)20/h6-7H,3-5,8-9H2,1-2H3,(H,16,17). The normalized spacial score (nSPS) is 16.7. The van der Waals surface area contributed by atoms with Gasteiger partial charge in [-0.1, -0.05) is 18.0 Å². The second-order valence-corrected chi connectivity index (χ2v) is 8.37. The van der Waals surface area contributed by atoms with Crippen LogP contribution in [-0.4, -0.2) is 45.0 Å². The topological polar surface area (TPSA) is 85.4 Å². The lowest BCUT2D eigenvalue weighted by Crippen LogP contribution is -2.42. The molecule has 2 rings (SSSR count). The Morgan fingerprint density at radius 2 is 2.18 bits per heavy atom. The van der Waals surface area contributed by atoms with Gasteiger partial charge in [-0.2, -0.15) is 0 Å². The number of esters is 1. The molecular weight excluding hydrogens is 328 g/mol. The fraction of sp³-hybridized carbons (Fsp3) is 0.571. The van der Waals surface area contributed by atoms with Crippen molar-refractivity contribution in [2.45, 2.75) is 19.3 Å². The van der Waals surface area contributed by atoms with E-state index < -0.39 is 15.8 Å². The summed E-state index contributed by atoms with van der Waals surface area (Å²) >= 11 is 6.10. The summed E-state index contributed by atoms with van der Waals surface area (Å²) in [6, 6.07) is 1.48. The minimum absolute atomic E-state index is 0.158. The summed E-state index contributed by atoms with van der Waals surface area (Å²) in [5.41, 5.74) is 0.0205. The molecular formula is C14H19ClN2O4S. The Morgan fingerprint density at radius 1 is 1.50 bits per heavy atom. The molecule has 1 fully saturated rings. The fourth-order valence-corrected chi connectivity index (χ4v) is 4.41. The van der Waals surface area contributed by atoms with E-state index in [1.54, 1.807) is 0 Å². The molecule has 22 heavy (non-hydrogen) atoms. The first kappa shape index (κ1) is 17.0. The Kier molecular flexibility index (Phi) is 4.97. The third-order valence-corrected chi connectivity index (χ3v) is 5.30. The molecule has 0 aromatic carbocycles. The molecule has 1 aliphatic rings. The molecule has 1 aromatic heterocycles. The number of methoxy groups -OCH3 is 1. The number of pyridine rings is 1.